The van der Waals surface area contributed by atoms with Crippen molar-refractivity contribution in [2.75, 3.05) is 13.6 Å². The van der Waals surface area contributed by atoms with E-state index < -0.39 is 8.32 Å². The summed E-state index contributed by atoms with van der Waals surface area (Å²) in [6.07, 6.45) is 2.17. The summed E-state index contributed by atoms with van der Waals surface area (Å²) in [6, 6.07) is 0.835. The number of carbonyl (C=O) groups is 1. The van der Waals surface area contributed by atoms with Crippen LogP contribution in [0.3, 0.4) is 0 Å². The van der Waals surface area contributed by atoms with Gasteiger partial charge in [-0.15, -0.1) is 0 Å². The van der Waals surface area contributed by atoms with E-state index in [-0.39, 0.29) is 5.91 Å². The van der Waals surface area contributed by atoms with Crippen LogP contribution in [0.15, 0.2) is 12.7 Å². The van der Waals surface area contributed by atoms with E-state index in [2.05, 4.69) is 6.58 Å². The molecule has 0 saturated heterocycles. The number of likely N-dealkylation sites (N-methyl/N-ethyl adjacent to an activating group) is 1. The Morgan fingerprint density at radius 3 is 2.54 bits per heavy atom. The lowest BCUT2D eigenvalue weighted by molar-refractivity contribution is -0.124. The Labute approximate surface area is 81.2 Å². The zero-order valence-electron chi connectivity index (χ0n) is 8.71. The molecular formula is C9H19NO2Si. The van der Waals surface area contributed by atoms with Crippen LogP contribution in [0.1, 0.15) is 6.42 Å². The summed E-state index contributed by atoms with van der Waals surface area (Å²) in [4.78, 5) is 22.2. The third kappa shape index (κ3) is 6.54. The van der Waals surface area contributed by atoms with Crippen LogP contribution in [0.2, 0.25) is 19.1 Å². The van der Waals surface area contributed by atoms with Crippen molar-refractivity contribution < 1.29 is 9.59 Å². The van der Waals surface area contributed by atoms with Crippen LogP contribution >= 0.6 is 0 Å². The fourth-order valence-corrected chi connectivity index (χ4v) is 2.04. The summed E-state index contributed by atoms with van der Waals surface area (Å²) >= 11 is 0. The maximum absolute atomic E-state index is 11.0. The van der Waals surface area contributed by atoms with Crippen LogP contribution < -0.4 is 0 Å². The molecule has 0 aromatic carbocycles. The predicted molar refractivity (Wildman–Crippen MR) is 57.0 cm³/mol. The highest BCUT2D eigenvalue weighted by atomic mass is 28.4. The van der Waals surface area contributed by atoms with E-state index >= 15 is 0 Å². The minimum Gasteiger partial charge on any atom is -0.432 e. The van der Waals surface area contributed by atoms with Gasteiger partial charge in [0, 0.05) is 13.6 Å². The number of hydrogen-bond acceptors (Lipinski definition) is 2. The van der Waals surface area contributed by atoms with Crippen molar-refractivity contribution in [1.29, 1.82) is 0 Å². The van der Waals surface area contributed by atoms with Gasteiger partial charge in [0.15, 0.2) is 8.32 Å². The molecule has 0 rings (SSSR count). The first-order valence-electron chi connectivity index (χ1n) is 4.47. The van der Waals surface area contributed by atoms with Gasteiger partial charge >= 0.3 is 0 Å². The van der Waals surface area contributed by atoms with Crippen LogP contribution in [-0.2, 0) is 4.79 Å². The van der Waals surface area contributed by atoms with Crippen molar-refractivity contribution in [1.82, 2.24) is 4.90 Å². The molecule has 0 aliphatic heterocycles. The van der Waals surface area contributed by atoms with E-state index in [4.69, 9.17) is 0 Å². The van der Waals surface area contributed by atoms with Crippen LogP contribution in [-0.4, -0.2) is 37.5 Å². The van der Waals surface area contributed by atoms with Gasteiger partial charge in [0.05, 0.1) is 0 Å². The molecule has 0 heterocycles. The molecule has 13 heavy (non-hydrogen) atoms. The standard InChI is InChI=1S/C9H19NO2Si/c1-5-9(11)10(2)7-6-8-13(3,4)12/h5,12H,1,6-8H2,2-4H3. The predicted octanol–water partition coefficient (Wildman–Crippen LogP) is 1.22. The summed E-state index contributed by atoms with van der Waals surface area (Å²) in [5.74, 6) is -0.0580. The summed E-state index contributed by atoms with van der Waals surface area (Å²) < 4.78 is 0. The van der Waals surface area contributed by atoms with Gasteiger partial charge in [0.1, 0.15) is 0 Å². The zero-order valence-corrected chi connectivity index (χ0v) is 9.71. The molecule has 3 nitrogen and oxygen atoms in total. The van der Waals surface area contributed by atoms with Crippen molar-refractivity contribution in [2.24, 2.45) is 0 Å². The van der Waals surface area contributed by atoms with Gasteiger partial charge in [-0.1, -0.05) is 6.58 Å². The highest BCUT2D eigenvalue weighted by molar-refractivity contribution is 6.69. The molecule has 0 radical (unpaired) electrons. The number of nitrogens with zero attached hydrogens (tertiary/aromatic N) is 1. The highest BCUT2D eigenvalue weighted by Gasteiger charge is 2.16. The number of amides is 1. The fraction of sp³-hybridized carbons (Fsp3) is 0.667. The minimum absolute atomic E-state index is 0.0580. The van der Waals surface area contributed by atoms with E-state index in [1.54, 1.807) is 11.9 Å². The van der Waals surface area contributed by atoms with Crippen molar-refractivity contribution in [2.45, 2.75) is 25.6 Å². The molecule has 0 unspecified atom stereocenters. The van der Waals surface area contributed by atoms with Gasteiger partial charge in [-0.05, 0) is 31.6 Å². The van der Waals surface area contributed by atoms with Crippen molar-refractivity contribution in [3.05, 3.63) is 12.7 Å². The second-order valence-corrected chi connectivity index (χ2v) is 8.00. The number of rotatable bonds is 5. The lowest BCUT2D eigenvalue weighted by atomic mass is 10.4. The first kappa shape index (κ1) is 12.4. The lowest BCUT2D eigenvalue weighted by Crippen LogP contribution is -2.29. The topological polar surface area (TPSA) is 40.5 Å². The largest absolute Gasteiger partial charge is 0.432 e. The van der Waals surface area contributed by atoms with E-state index in [1.807, 2.05) is 13.1 Å². The van der Waals surface area contributed by atoms with Gasteiger partial charge in [0.2, 0.25) is 5.91 Å². The van der Waals surface area contributed by atoms with Crippen LogP contribution in [0, 0.1) is 0 Å². The monoisotopic (exact) mass is 201 g/mol. The number of hydrogen-bond donors (Lipinski definition) is 1. The Morgan fingerprint density at radius 1 is 1.62 bits per heavy atom. The molecule has 0 bridgehead atoms. The third-order valence-electron chi connectivity index (χ3n) is 1.83. The van der Waals surface area contributed by atoms with Gasteiger partial charge < -0.3 is 9.70 Å². The normalized spacial score (nSPS) is 11.1. The van der Waals surface area contributed by atoms with E-state index in [1.165, 1.54) is 6.08 Å². The molecule has 0 fully saturated rings. The van der Waals surface area contributed by atoms with Crippen LogP contribution in [0.25, 0.3) is 0 Å². The molecule has 1 N–H and O–H groups in total. The first-order valence-corrected chi connectivity index (χ1v) is 7.62. The molecule has 0 aromatic heterocycles. The van der Waals surface area contributed by atoms with E-state index in [0.29, 0.717) is 6.54 Å². The van der Waals surface area contributed by atoms with Crippen LogP contribution in [0.4, 0.5) is 0 Å². The Balaban J connectivity index is 3.65. The van der Waals surface area contributed by atoms with E-state index in [9.17, 15) is 9.59 Å². The third-order valence-corrected chi connectivity index (χ3v) is 3.41. The molecular weight excluding hydrogens is 182 g/mol. The minimum atomic E-state index is -1.93. The van der Waals surface area contributed by atoms with Gasteiger partial charge in [-0.25, -0.2) is 0 Å². The maximum atomic E-state index is 11.0. The first-order chi connectivity index (χ1) is 5.87. The Hall–Kier alpha value is -0.613. The fourth-order valence-electron chi connectivity index (χ4n) is 1.01. The summed E-state index contributed by atoms with van der Waals surface area (Å²) in [7, 11) is -0.187. The van der Waals surface area contributed by atoms with Gasteiger partial charge in [-0.2, -0.15) is 0 Å². The second kappa shape index (κ2) is 5.19. The van der Waals surface area contributed by atoms with Gasteiger partial charge in [0.25, 0.3) is 0 Å². The molecule has 0 spiro atoms. The lowest BCUT2D eigenvalue weighted by Gasteiger charge is -2.18. The smallest absolute Gasteiger partial charge is 0.245 e. The average Bonchev–Trinajstić information content (AvgIpc) is 2.00. The average molecular weight is 201 g/mol. The molecule has 0 aromatic rings. The molecule has 0 atom stereocenters. The Kier molecular flexibility index (Phi) is 4.94. The molecule has 0 saturated carbocycles. The van der Waals surface area contributed by atoms with Crippen LogP contribution in [0.5, 0.6) is 0 Å². The quantitative estimate of drug-likeness (QED) is 0.536. The highest BCUT2D eigenvalue weighted by Crippen LogP contribution is 2.07. The second-order valence-electron chi connectivity index (χ2n) is 3.88. The van der Waals surface area contributed by atoms with Gasteiger partial charge in [-0.3, -0.25) is 4.79 Å². The summed E-state index contributed by atoms with van der Waals surface area (Å²) in [6.45, 7) is 7.91. The summed E-state index contributed by atoms with van der Waals surface area (Å²) in [5.41, 5.74) is 0. The van der Waals surface area contributed by atoms with Crippen molar-refractivity contribution in [3.8, 4) is 0 Å². The SMILES string of the molecule is C=CC(=O)N(C)CCC[Si](C)(C)O. The molecule has 0 aliphatic rings. The summed E-state index contributed by atoms with van der Waals surface area (Å²) in [5, 5.41) is 0. The molecule has 76 valence electrons. The van der Waals surface area contributed by atoms with E-state index in [0.717, 1.165) is 12.5 Å². The Bertz CT molecular complexity index is 187. The zero-order chi connectivity index (χ0) is 10.5. The maximum Gasteiger partial charge on any atom is 0.245 e. The van der Waals surface area contributed by atoms with Crippen molar-refractivity contribution >= 4 is 14.2 Å². The number of carbonyl (C=O) groups excluding carboxylic acids is 1. The Morgan fingerprint density at radius 2 is 2.15 bits per heavy atom. The molecule has 4 heteroatoms. The van der Waals surface area contributed by atoms with Crippen molar-refractivity contribution in [3.63, 3.8) is 0 Å². The molecule has 0 aliphatic carbocycles. The molecule has 1 amide bonds.